The van der Waals surface area contributed by atoms with E-state index in [0.29, 0.717) is 6.42 Å². The Morgan fingerprint density at radius 3 is 3.00 bits per heavy atom. The van der Waals surface area contributed by atoms with Crippen LogP contribution in [0.4, 0.5) is 5.69 Å². The van der Waals surface area contributed by atoms with Crippen LogP contribution in [0.2, 0.25) is 0 Å². The number of hydrogen-bond donors (Lipinski definition) is 2. The standard InChI is InChI=1S/C14H13N5O/c1-7-12-8(6-11(20)17-12)5-10-13(7)19(2)14(16-10)9-3-4-15-18-9/h3-5H,6H2,1-2H3,(H,15,18)(H,17,20). The maximum atomic E-state index is 11.5. The van der Waals surface area contributed by atoms with Crippen LogP contribution in [0.1, 0.15) is 11.1 Å². The van der Waals surface area contributed by atoms with Crippen LogP contribution in [-0.4, -0.2) is 25.7 Å². The summed E-state index contributed by atoms with van der Waals surface area (Å²) >= 11 is 0. The predicted molar refractivity (Wildman–Crippen MR) is 75.4 cm³/mol. The van der Waals surface area contributed by atoms with Crippen LogP contribution >= 0.6 is 0 Å². The number of aryl methyl sites for hydroxylation is 2. The molecule has 0 radical (unpaired) electrons. The maximum absolute atomic E-state index is 11.5. The maximum Gasteiger partial charge on any atom is 0.228 e. The Morgan fingerprint density at radius 1 is 1.40 bits per heavy atom. The fourth-order valence-electron chi connectivity index (χ4n) is 2.95. The molecule has 1 aromatic carbocycles. The van der Waals surface area contributed by atoms with Crippen LogP contribution in [0.25, 0.3) is 22.6 Å². The van der Waals surface area contributed by atoms with Crippen molar-refractivity contribution in [1.29, 1.82) is 0 Å². The van der Waals surface area contributed by atoms with E-state index in [4.69, 9.17) is 0 Å². The molecule has 0 spiro atoms. The lowest BCUT2D eigenvalue weighted by Gasteiger charge is -2.07. The van der Waals surface area contributed by atoms with Crippen molar-refractivity contribution in [2.75, 3.05) is 5.32 Å². The summed E-state index contributed by atoms with van der Waals surface area (Å²) in [4.78, 5) is 16.2. The van der Waals surface area contributed by atoms with E-state index in [1.54, 1.807) is 6.20 Å². The Labute approximate surface area is 114 Å². The molecule has 0 saturated heterocycles. The Balaban J connectivity index is 2.03. The molecule has 1 aliphatic rings. The molecular weight excluding hydrogens is 254 g/mol. The summed E-state index contributed by atoms with van der Waals surface area (Å²) in [5.41, 5.74) is 5.84. The summed E-state index contributed by atoms with van der Waals surface area (Å²) in [5, 5.41) is 9.83. The molecule has 0 aliphatic carbocycles. The number of H-pyrrole nitrogens is 1. The number of aromatic nitrogens is 4. The largest absolute Gasteiger partial charge is 0.326 e. The van der Waals surface area contributed by atoms with E-state index in [9.17, 15) is 4.79 Å². The molecule has 0 fully saturated rings. The summed E-state index contributed by atoms with van der Waals surface area (Å²) in [7, 11) is 1.97. The molecule has 1 amide bonds. The minimum atomic E-state index is 0.0483. The van der Waals surface area contributed by atoms with Gasteiger partial charge in [-0.25, -0.2) is 4.98 Å². The fourth-order valence-corrected chi connectivity index (χ4v) is 2.95. The molecule has 0 saturated carbocycles. The Kier molecular flexibility index (Phi) is 2.07. The smallest absolute Gasteiger partial charge is 0.228 e. The van der Waals surface area contributed by atoms with Gasteiger partial charge in [0.25, 0.3) is 0 Å². The van der Waals surface area contributed by atoms with Gasteiger partial charge in [0, 0.05) is 18.9 Å². The van der Waals surface area contributed by atoms with E-state index in [0.717, 1.165) is 39.4 Å². The number of nitrogens with zero attached hydrogens (tertiary/aromatic N) is 3. The van der Waals surface area contributed by atoms with E-state index in [1.807, 2.05) is 30.7 Å². The van der Waals surface area contributed by atoms with Crippen molar-refractivity contribution in [2.24, 2.45) is 7.05 Å². The number of benzene rings is 1. The van der Waals surface area contributed by atoms with Crippen molar-refractivity contribution < 1.29 is 4.79 Å². The summed E-state index contributed by atoms with van der Waals surface area (Å²) in [6, 6.07) is 3.89. The van der Waals surface area contributed by atoms with Gasteiger partial charge in [0.05, 0.1) is 17.5 Å². The molecule has 0 bridgehead atoms. The number of amides is 1. The van der Waals surface area contributed by atoms with Crippen LogP contribution in [0.5, 0.6) is 0 Å². The number of anilines is 1. The number of fused-ring (bicyclic) bond motifs is 2. The molecule has 100 valence electrons. The molecular formula is C14H13N5O. The van der Waals surface area contributed by atoms with Gasteiger partial charge >= 0.3 is 0 Å². The molecule has 6 heteroatoms. The van der Waals surface area contributed by atoms with Crippen molar-refractivity contribution in [3.63, 3.8) is 0 Å². The van der Waals surface area contributed by atoms with Crippen molar-refractivity contribution in [3.8, 4) is 11.5 Å². The molecule has 3 aromatic rings. The quantitative estimate of drug-likeness (QED) is 0.705. The zero-order valence-corrected chi connectivity index (χ0v) is 11.2. The van der Waals surface area contributed by atoms with Crippen LogP contribution < -0.4 is 5.32 Å². The molecule has 4 rings (SSSR count). The van der Waals surface area contributed by atoms with Gasteiger partial charge in [-0.05, 0) is 30.2 Å². The van der Waals surface area contributed by atoms with Crippen molar-refractivity contribution in [3.05, 3.63) is 29.5 Å². The van der Waals surface area contributed by atoms with E-state index < -0.39 is 0 Å². The van der Waals surface area contributed by atoms with E-state index >= 15 is 0 Å². The molecule has 2 aromatic heterocycles. The van der Waals surface area contributed by atoms with Crippen molar-refractivity contribution in [1.82, 2.24) is 19.7 Å². The highest BCUT2D eigenvalue weighted by molar-refractivity contribution is 6.04. The lowest BCUT2D eigenvalue weighted by Crippen LogP contribution is -2.04. The third-order valence-corrected chi connectivity index (χ3v) is 3.84. The third-order valence-electron chi connectivity index (χ3n) is 3.84. The first-order valence-corrected chi connectivity index (χ1v) is 6.43. The topological polar surface area (TPSA) is 75.6 Å². The van der Waals surface area contributed by atoms with E-state index in [2.05, 4.69) is 20.5 Å². The monoisotopic (exact) mass is 267 g/mol. The predicted octanol–water partition coefficient (Wildman–Crippen LogP) is 1.77. The zero-order chi connectivity index (χ0) is 13.9. The first-order chi connectivity index (χ1) is 9.65. The number of hydrogen-bond acceptors (Lipinski definition) is 3. The van der Waals surface area contributed by atoms with E-state index in [1.165, 1.54) is 0 Å². The SMILES string of the molecule is Cc1c2c(cc3nc(-c4ccn[nH]4)n(C)c13)CC(=O)N2. The van der Waals surface area contributed by atoms with Crippen molar-refractivity contribution >= 4 is 22.6 Å². The van der Waals surface area contributed by atoms with Gasteiger partial charge in [0.1, 0.15) is 5.69 Å². The zero-order valence-electron chi connectivity index (χ0n) is 11.2. The molecule has 3 heterocycles. The number of rotatable bonds is 1. The molecule has 2 N–H and O–H groups in total. The van der Waals surface area contributed by atoms with Gasteiger partial charge in [-0.3, -0.25) is 9.89 Å². The lowest BCUT2D eigenvalue weighted by molar-refractivity contribution is -0.115. The molecule has 6 nitrogen and oxygen atoms in total. The highest BCUT2D eigenvalue weighted by Gasteiger charge is 2.24. The van der Waals surface area contributed by atoms with E-state index in [-0.39, 0.29) is 5.91 Å². The van der Waals surface area contributed by atoms with Gasteiger partial charge in [-0.15, -0.1) is 0 Å². The minimum absolute atomic E-state index is 0.0483. The Bertz CT molecular complexity index is 844. The number of aromatic amines is 1. The first kappa shape index (κ1) is 11.2. The van der Waals surface area contributed by atoms with Crippen molar-refractivity contribution in [2.45, 2.75) is 13.3 Å². The number of nitrogens with one attached hydrogen (secondary N) is 2. The average Bonchev–Trinajstić information content (AvgIpc) is 3.08. The highest BCUT2D eigenvalue weighted by atomic mass is 16.1. The van der Waals surface area contributed by atoms with Crippen LogP contribution in [0, 0.1) is 6.92 Å². The summed E-state index contributed by atoms with van der Waals surface area (Å²) < 4.78 is 2.03. The Hall–Kier alpha value is -2.63. The normalized spacial score (nSPS) is 13.8. The molecule has 20 heavy (non-hydrogen) atoms. The summed E-state index contributed by atoms with van der Waals surface area (Å²) in [6.45, 7) is 2.02. The van der Waals surface area contributed by atoms with Gasteiger partial charge in [-0.1, -0.05) is 0 Å². The summed E-state index contributed by atoms with van der Waals surface area (Å²) in [6.07, 6.45) is 2.14. The number of carbonyl (C=O) groups excluding carboxylic acids is 1. The third kappa shape index (κ3) is 1.36. The summed E-state index contributed by atoms with van der Waals surface area (Å²) in [5.74, 6) is 0.891. The second kappa shape index (κ2) is 3.69. The fraction of sp³-hybridized carbons (Fsp3) is 0.214. The second-order valence-corrected chi connectivity index (χ2v) is 5.09. The number of carbonyl (C=O) groups is 1. The second-order valence-electron chi connectivity index (χ2n) is 5.09. The Morgan fingerprint density at radius 2 is 2.25 bits per heavy atom. The van der Waals surface area contributed by atoms with Gasteiger partial charge in [-0.2, -0.15) is 5.10 Å². The molecule has 0 unspecified atom stereocenters. The van der Waals surface area contributed by atoms with Gasteiger partial charge < -0.3 is 9.88 Å². The highest BCUT2D eigenvalue weighted by Crippen LogP contribution is 2.34. The van der Waals surface area contributed by atoms with Gasteiger partial charge in [0.2, 0.25) is 5.91 Å². The minimum Gasteiger partial charge on any atom is -0.326 e. The molecule has 0 atom stereocenters. The average molecular weight is 267 g/mol. The molecule has 1 aliphatic heterocycles. The van der Waals surface area contributed by atoms with Crippen LogP contribution in [-0.2, 0) is 18.3 Å². The number of imidazole rings is 1. The van der Waals surface area contributed by atoms with Crippen LogP contribution in [0.15, 0.2) is 18.3 Å². The van der Waals surface area contributed by atoms with Crippen LogP contribution in [0.3, 0.4) is 0 Å². The lowest BCUT2D eigenvalue weighted by atomic mass is 10.1. The first-order valence-electron chi connectivity index (χ1n) is 6.43. The van der Waals surface area contributed by atoms with Gasteiger partial charge in [0.15, 0.2) is 5.82 Å².